The van der Waals surface area contributed by atoms with Crippen molar-refractivity contribution < 1.29 is 14.8 Å². The summed E-state index contributed by atoms with van der Waals surface area (Å²) in [5.74, 6) is 0.401. The Kier molecular flexibility index (Phi) is 6.35. The van der Waals surface area contributed by atoms with Gasteiger partial charge in [0, 0.05) is 5.69 Å². The van der Waals surface area contributed by atoms with E-state index in [1.807, 2.05) is 18.2 Å². The molecule has 0 bridgehead atoms. The fourth-order valence-corrected chi connectivity index (χ4v) is 3.79. The van der Waals surface area contributed by atoms with Gasteiger partial charge in [-0.05, 0) is 36.1 Å². The Morgan fingerprint density at radius 3 is 2.26 bits per heavy atom. The maximum atomic E-state index is 12.6. The van der Waals surface area contributed by atoms with Gasteiger partial charge in [-0.1, -0.05) is 44.2 Å². The van der Waals surface area contributed by atoms with E-state index in [1.165, 1.54) is 16.0 Å². The van der Waals surface area contributed by atoms with Crippen LogP contribution in [0.15, 0.2) is 42.5 Å². The molecule has 0 aliphatic carbocycles. The van der Waals surface area contributed by atoms with Crippen molar-refractivity contribution in [2.75, 3.05) is 42.9 Å². The van der Waals surface area contributed by atoms with Crippen molar-refractivity contribution in [1.29, 1.82) is 0 Å². The molecule has 2 aromatic rings. The molecule has 1 aliphatic heterocycles. The standard InChI is InChI=1S/C22H29N3O2/c1-3-17-8-7-9-18(4-2)22(17)23-21(27)16-24-12-14-25(15-13-24)19-10-5-6-11-20(19)26/h5-11,26H,3-4,12-16H2,1-2H3,(H,23,27)/p+1. The number of carbonyl (C=O) groups excluding carboxylic acids is 1. The van der Waals surface area contributed by atoms with E-state index < -0.39 is 0 Å². The van der Waals surface area contributed by atoms with Crippen LogP contribution in [0.25, 0.3) is 0 Å². The second kappa shape index (κ2) is 8.91. The number of phenols is 1. The minimum atomic E-state index is 0.0802. The van der Waals surface area contributed by atoms with Gasteiger partial charge >= 0.3 is 0 Å². The Hall–Kier alpha value is -2.53. The molecule has 3 rings (SSSR count). The molecule has 1 fully saturated rings. The molecule has 144 valence electrons. The van der Waals surface area contributed by atoms with Crippen molar-refractivity contribution in [3.63, 3.8) is 0 Å². The first kappa shape index (κ1) is 19.2. The highest BCUT2D eigenvalue weighted by Crippen LogP contribution is 2.26. The van der Waals surface area contributed by atoms with E-state index in [9.17, 15) is 9.90 Å². The first-order chi connectivity index (χ1) is 13.1. The van der Waals surface area contributed by atoms with Crippen molar-refractivity contribution in [3.8, 4) is 5.75 Å². The van der Waals surface area contributed by atoms with Crippen molar-refractivity contribution >= 4 is 17.3 Å². The molecule has 1 aliphatic rings. The lowest BCUT2D eigenvalue weighted by atomic mass is 10.0. The molecule has 3 N–H and O–H groups in total. The molecule has 1 amide bonds. The molecular formula is C22H30N3O2+. The third kappa shape index (κ3) is 4.61. The van der Waals surface area contributed by atoms with Crippen LogP contribution in [-0.4, -0.2) is 43.7 Å². The first-order valence-electron chi connectivity index (χ1n) is 9.89. The number of phenolic OH excluding ortho intramolecular Hbond substituents is 1. The highest BCUT2D eigenvalue weighted by atomic mass is 16.3. The molecule has 1 heterocycles. The molecule has 0 aromatic heterocycles. The number of carbonyl (C=O) groups is 1. The Morgan fingerprint density at radius 1 is 1.04 bits per heavy atom. The number of nitrogens with zero attached hydrogens (tertiary/aromatic N) is 1. The van der Waals surface area contributed by atoms with Crippen LogP contribution in [0.1, 0.15) is 25.0 Å². The van der Waals surface area contributed by atoms with E-state index >= 15 is 0 Å². The van der Waals surface area contributed by atoms with Crippen molar-refractivity contribution in [2.24, 2.45) is 0 Å². The molecule has 27 heavy (non-hydrogen) atoms. The molecule has 2 aromatic carbocycles. The summed E-state index contributed by atoms with van der Waals surface area (Å²) in [5, 5.41) is 13.2. The van der Waals surface area contributed by atoms with Crippen molar-refractivity contribution in [1.82, 2.24) is 0 Å². The fourth-order valence-electron chi connectivity index (χ4n) is 3.79. The fraction of sp³-hybridized carbons (Fsp3) is 0.409. The second-order valence-electron chi connectivity index (χ2n) is 7.11. The summed E-state index contributed by atoms with van der Waals surface area (Å²) < 4.78 is 0. The highest BCUT2D eigenvalue weighted by molar-refractivity contribution is 5.93. The minimum absolute atomic E-state index is 0.0802. The molecular weight excluding hydrogens is 338 g/mol. The van der Waals surface area contributed by atoms with Crippen LogP contribution in [0, 0.1) is 0 Å². The number of aryl methyl sites for hydroxylation is 2. The first-order valence-corrected chi connectivity index (χ1v) is 9.89. The minimum Gasteiger partial charge on any atom is -0.506 e. The van der Waals surface area contributed by atoms with Gasteiger partial charge in [0.1, 0.15) is 5.75 Å². The second-order valence-corrected chi connectivity index (χ2v) is 7.11. The quantitative estimate of drug-likeness (QED) is 0.730. The van der Waals surface area contributed by atoms with Crippen LogP contribution in [0.3, 0.4) is 0 Å². The van der Waals surface area contributed by atoms with Crippen LogP contribution in [0.5, 0.6) is 5.75 Å². The lowest BCUT2D eigenvalue weighted by molar-refractivity contribution is -0.892. The third-order valence-corrected chi connectivity index (χ3v) is 5.37. The van der Waals surface area contributed by atoms with Gasteiger partial charge in [-0.25, -0.2) is 0 Å². The van der Waals surface area contributed by atoms with Gasteiger partial charge in [0.25, 0.3) is 5.91 Å². The van der Waals surface area contributed by atoms with Gasteiger partial charge in [0.15, 0.2) is 6.54 Å². The lowest BCUT2D eigenvalue weighted by Crippen LogP contribution is -3.15. The van der Waals surface area contributed by atoms with E-state index in [0.29, 0.717) is 12.3 Å². The van der Waals surface area contributed by atoms with Gasteiger partial charge in [-0.2, -0.15) is 0 Å². The summed E-state index contributed by atoms with van der Waals surface area (Å²) in [4.78, 5) is 16.1. The SMILES string of the molecule is CCc1cccc(CC)c1NC(=O)C[NH+]1CCN(c2ccccc2O)CC1. The number of rotatable bonds is 6. The Bertz CT molecular complexity index is 761. The monoisotopic (exact) mass is 368 g/mol. The lowest BCUT2D eigenvalue weighted by Gasteiger charge is -2.33. The molecule has 5 heteroatoms. The average Bonchev–Trinajstić information content (AvgIpc) is 2.69. The largest absolute Gasteiger partial charge is 0.506 e. The van der Waals surface area contributed by atoms with E-state index in [1.54, 1.807) is 6.07 Å². The van der Waals surface area contributed by atoms with E-state index in [4.69, 9.17) is 0 Å². The van der Waals surface area contributed by atoms with Crippen molar-refractivity contribution in [3.05, 3.63) is 53.6 Å². The summed E-state index contributed by atoms with van der Waals surface area (Å²) in [6.07, 6.45) is 1.82. The van der Waals surface area contributed by atoms with Gasteiger partial charge in [-0.3, -0.25) is 4.79 Å². The Labute approximate surface area is 161 Å². The van der Waals surface area contributed by atoms with Gasteiger partial charge in [-0.15, -0.1) is 0 Å². The zero-order valence-electron chi connectivity index (χ0n) is 16.3. The summed E-state index contributed by atoms with van der Waals surface area (Å²) in [7, 11) is 0. The smallest absolute Gasteiger partial charge is 0.279 e. The predicted molar refractivity (Wildman–Crippen MR) is 110 cm³/mol. The predicted octanol–water partition coefficient (Wildman–Crippen LogP) is 1.86. The number of quaternary nitrogens is 1. The van der Waals surface area contributed by atoms with Gasteiger partial charge in [0.2, 0.25) is 0 Å². The van der Waals surface area contributed by atoms with Gasteiger partial charge < -0.3 is 20.2 Å². The number of nitrogens with one attached hydrogen (secondary N) is 2. The average molecular weight is 369 g/mol. The number of piperazine rings is 1. The molecule has 0 radical (unpaired) electrons. The summed E-state index contributed by atoms with van der Waals surface area (Å²) in [6.45, 7) is 8.17. The van der Waals surface area contributed by atoms with Crippen molar-refractivity contribution in [2.45, 2.75) is 26.7 Å². The number of hydrogen-bond acceptors (Lipinski definition) is 3. The van der Waals surface area contributed by atoms with Crippen LogP contribution >= 0.6 is 0 Å². The van der Waals surface area contributed by atoms with Crippen LogP contribution in [0.2, 0.25) is 0 Å². The van der Waals surface area contributed by atoms with Crippen LogP contribution in [0.4, 0.5) is 11.4 Å². The van der Waals surface area contributed by atoms with Crippen LogP contribution < -0.4 is 15.1 Å². The maximum absolute atomic E-state index is 12.6. The zero-order chi connectivity index (χ0) is 19.2. The maximum Gasteiger partial charge on any atom is 0.279 e. The number of para-hydroxylation sites is 3. The van der Waals surface area contributed by atoms with E-state index in [2.05, 4.69) is 42.3 Å². The number of hydrogen-bond donors (Lipinski definition) is 3. The third-order valence-electron chi connectivity index (χ3n) is 5.37. The number of anilines is 2. The highest BCUT2D eigenvalue weighted by Gasteiger charge is 2.24. The van der Waals surface area contributed by atoms with Gasteiger partial charge in [0.05, 0.1) is 31.9 Å². The molecule has 1 saturated heterocycles. The topological polar surface area (TPSA) is 57.0 Å². The van der Waals surface area contributed by atoms with E-state index in [-0.39, 0.29) is 5.91 Å². The molecule has 0 spiro atoms. The summed E-state index contributed by atoms with van der Waals surface area (Å²) in [5.41, 5.74) is 4.27. The molecule has 0 atom stereocenters. The number of benzene rings is 2. The zero-order valence-corrected chi connectivity index (χ0v) is 16.3. The summed E-state index contributed by atoms with van der Waals surface area (Å²) >= 11 is 0. The Morgan fingerprint density at radius 2 is 1.67 bits per heavy atom. The summed E-state index contributed by atoms with van der Waals surface area (Å²) in [6, 6.07) is 13.7. The van der Waals surface area contributed by atoms with Crippen LogP contribution in [-0.2, 0) is 17.6 Å². The molecule has 5 nitrogen and oxygen atoms in total. The normalized spacial score (nSPS) is 15.0. The Balaban J connectivity index is 1.57. The number of amides is 1. The molecule has 0 unspecified atom stereocenters. The van der Waals surface area contributed by atoms with E-state index in [0.717, 1.165) is 50.4 Å². The number of aromatic hydroxyl groups is 1. The molecule has 0 saturated carbocycles.